The highest BCUT2D eigenvalue weighted by Gasteiger charge is 2.07. The van der Waals surface area contributed by atoms with Gasteiger partial charge in [0.25, 0.3) is 0 Å². The van der Waals surface area contributed by atoms with Crippen LogP contribution in [0.4, 0.5) is 5.13 Å². The molecular formula is C22H14ClN3OS. The van der Waals surface area contributed by atoms with Crippen molar-refractivity contribution < 1.29 is 4.42 Å². The summed E-state index contributed by atoms with van der Waals surface area (Å²) in [6.45, 7) is 0. The number of nitrogens with zero attached hydrogens (tertiary/aromatic N) is 2. The Balaban J connectivity index is 1.62. The van der Waals surface area contributed by atoms with Crippen LogP contribution in [0, 0.1) is 0 Å². The highest BCUT2D eigenvalue weighted by Crippen LogP contribution is 2.26. The first-order valence-corrected chi connectivity index (χ1v) is 9.90. The van der Waals surface area contributed by atoms with Gasteiger partial charge in [-0.25, -0.2) is 4.98 Å². The average molecular weight is 404 g/mol. The Morgan fingerprint density at radius 2 is 1.71 bits per heavy atom. The topological polar surface area (TPSA) is 50.4 Å². The summed E-state index contributed by atoms with van der Waals surface area (Å²) in [6.07, 6.45) is 0. The van der Waals surface area contributed by atoms with Crippen molar-refractivity contribution in [3.63, 3.8) is 0 Å². The van der Waals surface area contributed by atoms with E-state index in [4.69, 9.17) is 16.0 Å². The van der Waals surface area contributed by atoms with Crippen molar-refractivity contribution in [2.24, 2.45) is 5.10 Å². The summed E-state index contributed by atoms with van der Waals surface area (Å²) < 4.78 is 7.20. The molecule has 136 valence electrons. The van der Waals surface area contributed by atoms with Gasteiger partial charge in [-0.3, -0.25) is 5.43 Å². The van der Waals surface area contributed by atoms with Gasteiger partial charge in [-0.15, -0.1) is 0 Å². The van der Waals surface area contributed by atoms with E-state index in [9.17, 15) is 0 Å². The fourth-order valence-corrected chi connectivity index (χ4v) is 3.93. The zero-order valence-electron chi connectivity index (χ0n) is 14.6. The van der Waals surface area contributed by atoms with Gasteiger partial charge in [0.1, 0.15) is 11.3 Å². The highest BCUT2D eigenvalue weighted by molar-refractivity contribution is 7.22. The Hall–Kier alpha value is -3.15. The summed E-state index contributed by atoms with van der Waals surface area (Å²) in [6, 6.07) is 25.3. The molecule has 0 saturated heterocycles. The molecule has 4 nitrogen and oxygen atoms in total. The molecular weight excluding hydrogens is 390 g/mol. The van der Waals surface area contributed by atoms with Crippen molar-refractivity contribution in [2.45, 2.75) is 0 Å². The number of hydrogen-bond acceptors (Lipinski definition) is 5. The maximum absolute atomic E-state index is 6.08. The number of thiazole rings is 1. The van der Waals surface area contributed by atoms with E-state index >= 15 is 0 Å². The molecule has 0 spiro atoms. The van der Waals surface area contributed by atoms with Crippen LogP contribution in [0.3, 0.4) is 0 Å². The van der Waals surface area contributed by atoms with Crippen molar-refractivity contribution in [3.8, 4) is 11.3 Å². The lowest BCUT2D eigenvalue weighted by Crippen LogP contribution is -2.07. The van der Waals surface area contributed by atoms with Crippen LogP contribution in [0.5, 0.6) is 0 Å². The van der Waals surface area contributed by atoms with E-state index < -0.39 is 0 Å². The molecule has 28 heavy (non-hydrogen) atoms. The summed E-state index contributed by atoms with van der Waals surface area (Å²) in [5, 5.41) is 7.76. The molecule has 0 unspecified atom stereocenters. The largest absolute Gasteiger partial charge is 0.456 e. The Kier molecular flexibility index (Phi) is 4.31. The minimum Gasteiger partial charge on any atom is -0.456 e. The number of aromatic nitrogens is 1. The molecule has 0 bridgehead atoms. The van der Waals surface area contributed by atoms with Crippen molar-refractivity contribution in [1.29, 1.82) is 0 Å². The maximum Gasteiger partial charge on any atom is 0.204 e. The van der Waals surface area contributed by atoms with Crippen LogP contribution in [-0.2, 0) is 0 Å². The standard InChI is InChI=1S/C22H14ClN3OS/c23-15-11-9-14(10-12-15)20-13-18(16-5-1-3-7-19(16)27-20)25-26-22-24-17-6-2-4-8-21(17)28-22/h1-13H,(H,24,26)/b25-18-. The number of fused-ring (bicyclic) bond motifs is 2. The monoisotopic (exact) mass is 403 g/mol. The molecule has 0 saturated carbocycles. The van der Waals surface area contributed by atoms with Gasteiger partial charge in [-0.1, -0.05) is 47.2 Å². The van der Waals surface area contributed by atoms with Gasteiger partial charge in [0.2, 0.25) is 5.13 Å². The Morgan fingerprint density at radius 3 is 2.57 bits per heavy atom. The number of para-hydroxylation sites is 2. The average Bonchev–Trinajstić information content (AvgIpc) is 3.15. The fourth-order valence-electron chi connectivity index (χ4n) is 2.99. The second kappa shape index (κ2) is 7.11. The quantitative estimate of drug-likeness (QED) is 0.360. The van der Waals surface area contributed by atoms with Crippen molar-refractivity contribution >= 4 is 49.3 Å². The van der Waals surface area contributed by atoms with Crippen LogP contribution >= 0.6 is 22.9 Å². The zero-order chi connectivity index (χ0) is 18.9. The molecule has 0 fully saturated rings. The first-order valence-electron chi connectivity index (χ1n) is 8.70. The zero-order valence-corrected chi connectivity index (χ0v) is 16.2. The summed E-state index contributed by atoms with van der Waals surface area (Å²) in [5.41, 5.74) is 5.76. The third-order valence-corrected chi connectivity index (χ3v) is 5.54. The van der Waals surface area contributed by atoms with Gasteiger partial charge in [0, 0.05) is 22.0 Å². The lowest BCUT2D eigenvalue weighted by atomic mass is 10.1. The number of halogens is 1. The minimum atomic E-state index is 0.687. The van der Waals surface area contributed by atoms with E-state index in [2.05, 4.69) is 15.5 Å². The van der Waals surface area contributed by atoms with Gasteiger partial charge in [0.05, 0.1) is 15.6 Å². The predicted molar refractivity (Wildman–Crippen MR) is 115 cm³/mol. The number of nitrogens with one attached hydrogen (secondary N) is 1. The minimum absolute atomic E-state index is 0.687. The molecule has 2 aromatic heterocycles. The highest BCUT2D eigenvalue weighted by atomic mass is 35.5. The van der Waals surface area contributed by atoms with E-state index in [-0.39, 0.29) is 0 Å². The summed E-state index contributed by atoms with van der Waals surface area (Å²) in [5.74, 6) is 0.722. The molecule has 0 atom stereocenters. The summed E-state index contributed by atoms with van der Waals surface area (Å²) in [7, 11) is 0. The first kappa shape index (κ1) is 17.0. The number of benzene rings is 3. The summed E-state index contributed by atoms with van der Waals surface area (Å²) in [4.78, 5) is 4.57. The van der Waals surface area contributed by atoms with Crippen LogP contribution in [0.25, 0.3) is 32.5 Å². The van der Waals surface area contributed by atoms with Crippen molar-refractivity contribution in [2.75, 3.05) is 5.43 Å². The molecule has 6 heteroatoms. The van der Waals surface area contributed by atoms with Crippen LogP contribution < -0.4 is 10.8 Å². The van der Waals surface area contributed by atoms with E-state index in [0.717, 1.165) is 43.0 Å². The molecule has 2 heterocycles. The number of hydrogen-bond donors (Lipinski definition) is 1. The van der Waals surface area contributed by atoms with E-state index in [1.54, 1.807) is 11.3 Å². The molecule has 0 aliphatic rings. The molecule has 0 radical (unpaired) electrons. The van der Waals surface area contributed by atoms with Crippen LogP contribution in [-0.4, -0.2) is 4.98 Å². The van der Waals surface area contributed by atoms with Crippen LogP contribution in [0.15, 0.2) is 88.4 Å². The van der Waals surface area contributed by atoms with Gasteiger partial charge in [-0.05, 0) is 48.5 Å². The van der Waals surface area contributed by atoms with Crippen molar-refractivity contribution in [1.82, 2.24) is 4.98 Å². The van der Waals surface area contributed by atoms with Gasteiger partial charge >= 0.3 is 0 Å². The smallest absolute Gasteiger partial charge is 0.204 e. The molecule has 5 rings (SSSR count). The fraction of sp³-hybridized carbons (Fsp3) is 0. The maximum atomic E-state index is 6.08. The van der Waals surface area contributed by atoms with Crippen LogP contribution in [0.1, 0.15) is 0 Å². The normalized spacial score (nSPS) is 12.0. The molecule has 5 aromatic rings. The second-order valence-electron chi connectivity index (χ2n) is 6.21. The Bertz CT molecular complexity index is 1320. The van der Waals surface area contributed by atoms with Gasteiger partial charge in [0.15, 0.2) is 0 Å². The predicted octanol–water partition coefficient (Wildman–Crippen LogP) is 6.29. The van der Waals surface area contributed by atoms with Crippen molar-refractivity contribution in [3.05, 3.63) is 89.2 Å². The molecule has 0 aliphatic heterocycles. The third-order valence-electron chi connectivity index (χ3n) is 4.35. The van der Waals surface area contributed by atoms with Gasteiger partial charge in [-0.2, -0.15) is 5.10 Å². The third kappa shape index (κ3) is 3.26. The summed E-state index contributed by atoms with van der Waals surface area (Å²) >= 11 is 7.58. The molecule has 1 N–H and O–H groups in total. The molecule has 3 aromatic carbocycles. The van der Waals surface area contributed by atoms with E-state index in [0.29, 0.717) is 5.02 Å². The SMILES string of the molecule is Clc1ccc(-c2c/c(=N/Nc3nc4ccccc4s3)c3ccccc3o2)cc1. The lowest BCUT2D eigenvalue weighted by molar-refractivity contribution is 0.618. The molecule has 0 aliphatic carbocycles. The Morgan fingerprint density at radius 1 is 0.929 bits per heavy atom. The Labute approximate surface area is 169 Å². The number of anilines is 1. The second-order valence-corrected chi connectivity index (χ2v) is 7.68. The number of rotatable bonds is 3. The van der Waals surface area contributed by atoms with E-state index in [1.807, 2.05) is 78.9 Å². The lowest BCUT2D eigenvalue weighted by Gasteiger charge is -2.05. The van der Waals surface area contributed by atoms with E-state index in [1.165, 1.54) is 0 Å². The van der Waals surface area contributed by atoms with Gasteiger partial charge < -0.3 is 4.42 Å². The molecule has 0 amide bonds. The van der Waals surface area contributed by atoms with Crippen LogP contribution in [0.2, 0.25) is 5.02 Å². The first-order chi connectivity index (χ1) is 13.8.